The van der Waals surface area contributed by atoms with Crippen LogP contribution in [0, 0.1) is 0 Å². The van der Waals surface area contributed by atoms with Crippen LogP contribution in [0.3, 0.4) is 0 Å². The molecular formula is C16H24N2O5S. The SMILES string of the molecule is CCOCCCNS(=O)(=O)c1ccc(N2CCCC2)c(C(=O)O)c1. The highest BCUT2D eigenvalue weighted by Crippen LogP contribution is 2.27. The second-order valence-corrected chi connectivity index (χ2v) is 7.39. The summed E-state index contributed by atoms with van der Waals surface area (Å²) in [7, 11) is -3.73. The molecule has 134 valence electrons. The van der Waals surface area contributed by atoms with Gasteiger partial charge in [0.25, 0.3) is 0 Å². The average molecular weight is 356 g/mol. The molecule has 1 saturated heterocycles. The maximum atomic E-state index is 12.3. The molecule has 1 fully saturated rings. The number of rotatable bonds is 9. The Labute approximate surface area is 142 Å². The van der Waals surface area contributed by atoms with Crippen molar-refractivity contribution >= 4 is 21.7 Å². The summed E-state index contributed by atoms with van der Waals surface area (Å²) in [6, 6.07) is 4.29. The number of hydrogen-bond acceptors (Lipinski definition) is 5. The summed E-state index contributed by atoms with van der Waals surface area (Å²) >= 11 is 0. The molecule has 0 aliphatic carbocycles. The minimum Gasteiger partial charge on any atom is -0.478 e. The van der Waals surface area contributed by atoms with E-state index in [1.165, 1.54) is 12.1 Å². The van der Waals surface area contributed by atoms with Crippen LogP contribution in [0.4, 0.5) is 5.69 Å². The molecular weight excluding hydrogens is 332 g/mol. The van der Waals surface area contributed by atoms with Gasteiger partial charge in [-0.1, -0.05) is 0 Å². The van der Waals surface area contributed by atoms with Gasteiger partial charge in [0.15, 0.2) is 0 Å². The summed E-state index contributed by atoms with van der Waals surface area (Å²) in [6.07, 6.45) is 2.59. The van der Waals surface area contributed by atoms with Crippen LogP contribution < -0.4 is 9.62 Å². The van der Waals surface area contributed by atoms with Crippen molar-refractivity contribution in [1.82, 2.24) is 4.72 Å². The normalized spacial score (nSPS) is 15.0. The first kappa shape index (κ1) is 18.7. The van der Waals surface area contributed by atoms with Crippen molar-refractivity contribution < 1.29 is 23.1 Å². The average Bonchev–Trinajstić information content (AvgIpc) is 3.08. The van der Waals surface area contributed by atoms with Crippen molar-refractivity contribution in [2.75, 3.05) is 37.7 Å². The number of aromatic carboxylic acids is 1. The molecule has 0 atom stereocenters. The summed E-state index contributed by atoms with van der Waals surface area (Å²) in [5.41, 5.74) is 0.601. The fourth-order valence-corrected chi connectivity index (χ4v) is 3.80. The van der Waals surface area contributed by atoms with Crippen LogP contribution in [-0.4, -0.2) is 52.3 Å². The minimum absolute atomic E-state index is 0.0223. The second-order valence-electron chi connectivity index (χ2n) is 5.63. The molecule has 0 amide bonds. The van der Waals surface area contributed by atoms with Crippen LogP contribution in [0.1, 0.15) is 36.5 Å². The van der Waals surface area contributed by atoms with Crippen molar-refractivity contribution in [2.24, 2.45) is 0 Å². The van der Waals surface area contributed by atoms with Gasteiger partial charge in [0, 0.05) is 32.8 Å². The Kier molecular flexibility index (Phi) is 6.59. The molecule has 0 bridgehead atoms. The Morgan fingerprint density at radius 3 is 2.67 bits per heavy atom. The van der Waals surface area contributed by atoms with E-state index in [1.807, 2.05) is 11.8 Å². The third-order valence-corrected chi connectivity index (χ3v) is 5.38. The molecule has 1 aliphatic rings. The lowest BCUT2D eigenvalue weighted by atomic mass is 10.1. The molecule has 0 radical (unpaired) electrons. The van der Waals surface area contributed by atoms with Crippen molar-refractivity contribution in [3.05, 3.63) is 23.8 Å². The van der Waals surface area contributed by atoms with Gasteiger partial charge in [-0.15, -0.1) is 0 Å². The predicted molar refractivity (Wildman–Crippen MR) is 91.1 cm³/mol. The molecule has 0 unspecified atom stereocenters. The first-order chi connectivity index (χ1) is 11.5. The first-order valence-corrected chi connectivity index (χ1v) is 9.63. The van der Waals surface area contributed by atoms with E-state index in [4.69, 9.17) is 4.74 Å². The van der Waals surface area contributed by atoms with Gasteiger partial charge in [-0.25, -0.2) is 17.9 Å². The predicted octanol–water partition coefficient (Wildman–Crippen LogP) is 1.69. The third kappa shape index (κ3) is 4.68. The van der Waals surface area contributed by atoms with E-state index in [0.29, 0.717) is 25.3 Å². The topological polar surface area (TPSA) is 95.9 Å². The zero-order chi connectivity index (χ0) is 17.6. The van der Waals surface area contributed by atoms with Crippen molar-refractivity contribution in [1.29, 1.82) is 0 Å². The molecule has 2 N–H and O–H groups in total. The monoisotopic (exact) mass is 356 g/mol. The van der Waals surface area contributed by atoms with E-state index < -0.39 is 16.0 Å². The van der Waals surface area contributed by atoms with E-state index >= 15 is 0 Å². The van der Waals surface area contributed by atoms with Crippen molar-refractivity contribution in [3.8, 4) is 0 Å². The van der Waals surface area contributed by atoms with Crippen LogP contribution >= 0.6 is 0 Å². The first-order valence-electron chi connectivity index (χ1n) is 8.15. The highest BCUT2D eigenvalue weighted by molar-refractivity contribution is 7.89. The third-order valence-electron chi connectivity index (χ3n) is 3.92. The molecule has 0 saturated carbocycles. The maximum Gasteiger partial charge on any atom is 0.337 e. The van der Waals surface area contributed by atoms with E-state index in [0.717, 1.165) is 25.9 Å². The summed E-state index contributed by atoms with van der Waals surface area (Å²) in [5, 5.41) is 9.43. The summed E-state index contributed by atoms with van der Waals surface area (Å²) < 4.78 is 32.3. The van der Waals surface area contributed by atoms with E-state index in [9.17, 15) is 18.3 Å². The molecule has 24 heavy (non-hydrogen) atoms. The van der Waals surface area contributed by atoms with Crippen LogP contribution in [-0.2, 0) is 14.8 Å². The Balaban J connectivity index is 2.14. The fraction of sp³-hybridized carbons (Fsp3) is 0.562. The Bertz CT molecular complexity index is 669. The molecule has 8 heteroatoms. The van der Waals surface area contributed by atoms with Crippen LogP contribution in [0.15, 0.2) is 23.1 Å². The Morgan fingerprint density at radius 2 is 2.04 bits per heavy atom. The van der Waals surface area contributed by atoms with Gasteiger partial charge in [-0.05, 0) is 44.4 Å². The molecule has 0 aromatic heterocycles. The number of benzene rings is 1. The number of anilines is 1. The molecule has 1 heterocycles. The van der Waals surface area contributed by atoms with E-state index in [-0.39, 0.29) is 17.0 Å². The number of hydrogen-bond donors (Lipinski definition) is 2. The molecule has 1 aromatic carbocycles. The molecule has 1 aliphatic heterocycles. The highest BCUT2D eigenvalue weighted by atomic mass is 32.2. The van der Waals surface area contributed by atoms with Gasteiger partial charge in [0.05, 0.1) is 16.1 Å². The van der Waals surface area contributed by atoms with Gasteiger partial charge in [0.1, 0.15) is 0 Å². The van der Waals surface area contributed by atoms with Crippen LogP contribution in [0.2, 0.25) is 0 Å². The largest absolute Gasteiger partial charge is 0.478 e. The zero-order valence-electron chi connectivity index (χ0n) is 13.8. The summed E-state index contributed by atoms with van der Waals surface area (Å²) in [6.45, 7) is 4.78. The Morgan fingerprint density at radius 1 is 1.33 bits per heavy atom. The highest BCUT2D eigenvalue weighted by Gasteiger charge is 2.22. The smallest absolute Gasteiger partial charge is 0.337 e. The van der Waals surface area contributed by atoms with Crippen LogP contribution in [0.5, 0.6) is 0 Å². The minimum atomic E-state index is -3.73. The standard InChI is InChI=1S/C16H24N2O5S/c1-2-23-11-5-8-17-24(21,22)13-6-7-15(14(12-13)16(19)20)18-9-3-4-10-18/h6-7,12,17H,2-5,8-11H2,1H3,(H,19,20). The number of nitrogens with one attached hydrogen (secondary N) is 1. The molecule has 1 aromatic rings. The lowest BCUT2D eigenvalue weighted by Gasteiger charge is -2.20. The van der Waals surface area contributed by atoms with Gasteiger partial charge in [-0.2, -0.15) is 0 Å². The number of ether oxygens (including phenoxy) is 1. The molecule has 7 nitrogen and oxygen atoms in total. The number of nitrogens with zero attached hydrogens (tertiary/aromatic N) is 1. The fourth-order valence-electron chi connectivity index (χ4n) is 2.70. The number of sulfonamides is 1. The summed E-state index contributed by atoms with van der Waals surface area (Å²) in [4.78, 5) is 13.5. The maximum absolute atomic E-state index is 12.3. The van der Waals surface area contributed by atoms with E-state index in [1.54, 1.807) is 6.07 Å². The second kappa shape index (κ2) is 8.46. The quantitative estimate of drug-likeness (QED) is 0.654. The number of carboxylic acids is 1. The lowest BCUT2D eigenvalue weighted by molar-refractivity contribution is 0.0697. The number of carboxylic acid groups (broad SMARTS) is 1. The van der Waals surface area contributed by atoms with Crippen molar-refractivity contribution in [2.45, 2.75) is 31.1 Å². The van der Waals surface area contributed by atoms with Gasteiger partial charge in [-0.3, -0.25) is 0 Å². The zero-order valence-corrected chi connectivity index (χ0v) is 14.6. The number of carbonyl (C=O) groups is 1. The lowest BCUT2D eigenvalue weighted by Crippen LogP contribution is -2.26. The van der Waals surface area contributed by atoms with Gasteiger partial charge < -0.3 is 14.7 Å². The summed E-state index contributed by atoms with van der Waals surface area (Å²) in [5.74, 6) is -1.12. The molecule has 0 spiro atoms. The van der Waals surface area contributed by atoms with Gasteiger partial charge in [0.2, 0.25) is 10.0 Å². The Hall–Kier alpha value is -1.64. The molecule has 2 rings (SSSR count). The van der Waals surface area contributed by atoms with Crippen LogP contribution in [0.25, 0.3) is 0 Å². The van der Waals surface area contributed by atoms with Crippen molar-refractivity contribution in [3.63, 3.8) is 0 Å². The van der Waals surface area contributed by atoms with Gasteiger partial charge >= 0.3 is 5.97 Å². The van der Waals surface area contributed by atoms with E-state index in [2.05, 4.69) is 4.72 Å².